The number of piperazine rings is 1. The van der Waals surface area contributed by atoms with E-state index in [2.05, 4.69) is 28.4 Å². The van der Waals surface area contributed by atoms with E-state index in [4.69, 9.17) is 9.47 Å². The minimum atomic E-state index is 0.0695. The van der Waals surface area contributed by atoms with Gasteiger partial charge in [-0.1, -0.05) is 0 Å². The molecule has 3 amide bonds. The molecule has 0 radical (unpaired) electrons. The van der Waals surface area contributed by atoms with Crippen LogP contribution in [0.15, 0.2) is 18.2 Å². The van der Waals surface area contributed by atoms with Gasteiger partial charge in [0.1, 0.15) is 5.75 Å². The number of nitrogens with one attached hydrogen (secondary N) is 1. The summed E-state index contributed by atoms with van der Waals surface area (Å²) in [5.74, 6) is 1.77. The molecule has 4 aliphatic heterocycles. The molecule has 1 aromatic rings. The maximum absolute atomic E-state index is 13.2. The van der Waals surface area contributed by atoms with Crippen LogP contribution >= 0.6 is 0 Å². The number of morpholine rings is 1. The van der Waals surface area contributed by atoms with Crippen LogP contribution in [0.25, 0.3) is 0 Å². The second-order valence-electron chi connectivity index (χ2n) is 11.2. The average molecular weight is 542 g/mol. The van der Waals surface area contributed by atoms with Crippen molar-refractivity contribution in [2.24, 2.45) is 11.8 Å². The lowest BCUT2D eigenvalue weighted by atomic mass is 9.80. The normalized spacial score (nSPS) is 25.1. The van der Waals surface area contributed by atoms with Crippen molar-refractivity contribution in [3.63, 3.8) is 0 Å². The number of fused-ring (bicyclic) bond motifs is 3. The predicted octanol–water partition coefficient (Wildman–Crippen LogP) is 1.33. The smallest absolute Gasteiger partial charge is 0.236 e. The number of carbonyl (C=O) groups excluding carboxylic acids is 3. The highest BCUT2D eigenvalue weighted by Crippen LogP contribution is 2.32. The number of piperidine rings is 1. The Labute approximate surface area is 231 Å². The molecule has 214 valence electrons. The van der Waals surface area contributed by atoms with Gasteiger partial charge >= 0.3 is 0 Å². The molecular weight excluding hydrogens is 498 g/mol. The van der Waals surface area contributed by atoms with Crippen LogP contribution in [-0.4, -0.2) is 111 Å². The van der Waals surface area contributed by atoms with Gasteiger partial charge in [0.05, 0.1) is 26.4 Å². The molecule has 3 fully saturated rings. The number of amides is 3. The van der Waals surface area contributed by atoms with Gasteiger partial charge in [-0.05, 0) is 49.3 Å². The zero-order valence-electron chi connectivity index (χ0n) is 23.2. The number of rotatable bonds is 3. The van der Waals surface area contributed by atoms with Crippen molar-refractivity contribution in [3.05, 3.63) is 23.8 Å². The molecule has 0 spiro atoms. The maximum Gasteiger partial charge on any atom is 0.236 e. The largest absolute Gasteiger partial charge is 0.493 e. The van der Waals surface area contributed by atoms with Crippen LogP contribution in [-0.2, 0) is 25.7 Å². The number of nitrogens with zero attached hydrogens (tertiary/aromatic N) is 4. The van der Waals surface area contributed by atoms with E-state index in [1.807, 2.05) is 9.80 Å². The summed E-state index contributed by atoms with van der Waals surface area (Å²) in [7, 11) is 0. The fraction of sp³-hybridized carbons (Fsp3) is 0.690. The van der Waals surface area contributed by atoms with Gasteiger partial charge in [0.25, 0.3) is 0 Å². The summed E-state index contributed by atoms with van der Waals surface area (Å²) in [5.41, 5.74) is 2.23. The van der Waals surface area contributed by atoms with Gasteiger partial charge in [-0.3, -0.25) is 14.4 Å². The molecule has 2 atom stereocenters. The van der Waals surface area contributed by atoms with Gasteiger partial charge in [-0.25, -0.2) is 0 Å². The van der Waals surface area contributed by atoms with Crippen molar-refractivity contribution in [3.8, 4) is 5.75 Å². The summed E-state index contributed by atoms with van der Waals surface area (Å²) in [6.07, 6.45) is 3.17. The van der Waals surface area contributed by atoms with Gasteiger partial charge in [-0.15, -0.1) is 0 Å². The molecule has 10 heteroatoms. The van der Waals surface area contributed by atoms with Crippen LogP contribution in [0.1, 0.15) is 38.2 Å². The van der Waals surface area contributed by atoms with Crippen molar-refractivity contribution in [1.82, 2.24) is 20.0 Å². The lowest BCUT2D eigenvalue weighted by molar-refractivity contribution is -0.140. The number of anilines is 1. The number of hydrogen-bond donors (Lipinski definition) is 1. The Bertz CT molecular complexity index is 1020. The molecule has 0 aromatic heterocycles. The average Bonchev–Trinajstić information content (AvgIpc) is 2.97. The summed E-state index contributed by atoms with van der Waals surface area (Å²) in [6.45, 7) is 10.1. The monoisotopic (exact) mass is 541 g/mol. The van der Waals surface area contributed by atoms with E-state index >= 15 is 0 Å². The van der Waals surface area contributed by atoms with E-state index < -0.39 is 0 Å². The molecule has 0 saturated carbocycles. The fourth-order valence-electron chi connectivity index (χ4n) is 6.33. The Kier molecular flexibility index (Phi) is 9.24. The number of hydrogen-bond acceptors (Lipinski definition) is 7. The van der Waals surface area contributed by atoms with Crippen LogP contribution in [0.2, 0.25) is 0 Å². The van der Waals surface area contributed by atoms with Crippen molar-refractivity contribution >= 4 is 23.4 Å². The van der Waals surface area contributed by atoms with Crippen LogP contribution in [0, 0.1) is 11.8 Å². The third kappa shape index (κ3) is 7.03. The minimum Gasteiger partial charge on any atom is -0.493 e. The molecule has 4 aliphatic rings. The van der Waals surface area contributed by atoms with Gasteiger partial charge in [0.15, 0.2) is 0 Å². The molecule has 1 N–H and O–H groups in total. The first kappa shape index (κ1) is 27.7. The van der Waals surface area contributed by atoms with Crippen molar-refractivity contribution < 1.29 is 23.9 Å². The highest BCUT2D eigenvalue weighted by molar-refractivity contribution is 5.79. The molecule has 0 aliphatic carbocycles. The molecule has 0 unspecified atom stereocenters. The Morgan fingerprint density at radius 3 is 2.46 bits per heavy atom. The topological polar surface area (TPSA) is 94.7 Å². The van der Waals surface area contributed by atoms with Gasteiger partial charge in [0, 0.05) is 83.5 Å². The molecule has 4 heterocycles. The lowest BCUT2D eigenvalue weighted by Gasteiger charge is -2.40. The van der Waals surface area contributed by atoms with E-state index in [9.17, 15) is 14.4 Å². The Balaban J connectivity index is 1.21. The Morgan fingerprint density at radius 1 is 0.923 bits per heavy atom. The first-order valence-electron chi connectivity index (χ1n) is 14.6. The van der Waals surface area contributed by atoms with Crippen LogP contribution in [0.4, 0.5) is 5.69 Å². The van der Waals surface area contributed by atoms with Gasteiger partial charge in [0.2, 0.25) is 17.7 Å². The lowest BCUT2D eigenvalue weighted by Crippen LogP contribution is -2.51. The quantitative estimate of drug-likeness (QED) is 0.617. The second-order valence-corrected chi connectivity index (χ2v) is 11.2. The predicted molar refractivity (Wildman–Crippen MR) is 148 cm³/mol. The molecular formula is C29H43N5O5. The Morgan fingerprint density at radius 2 is 1.69 bits per heavy atom. The van der Waals surface area contributed by atoms with Crippen LogP contribution < -0.4 is 15.0 Å². The molecule has 39 heavy (non-hydrogen) atoms. The second kappa shape index (κ2) is 13.0. The summed E-state index contributed by atoms with van der Waals surface area (Å²) in [4.78, 5) is 45.9. The maximum atomic E-state index is 13.2. The number of ether oxygens (including phenoxy) is 2. The molecule has 3 saturated heterocycles. The zero-order chi connectivity index (χ0) is 27.2. The first-order valence-corrected chi connectivity index (χ1v) is 14.6. The molecule has 5 rings (SSSR count). The SMILES string of the molecule is CC(=O)N1CCN(C(=O)C[C@@H]2CCN3C[C@@H]2CCCOc2ccc(N4CCOCC4)cc2CNCC3=O)CC1. The molecule has 1 aromatic carbocycles. The Hall–Kier alpha value is -2.85. The van der Waals surface area contributed by atoms with Crippen LogP contribution in [0.5, 0.6) is 5.75 Å². The summed E-state index contributed by atoms with van der Waals surface area (Å²) >= 11 is 0. The third-order valence-electron chi connectivity index (χ3n) is 8.75. The van der Waals surface area contributed by atoms with Gasteiger partial charge < -0.3 is 34.4 Å². The van der Waals surface area contributed by atoms with Crippen LogP contribution in [0.3, 0.4) is 0 Å². The number of carbonyl (C=O) groups is 3. The fourth-order valence-corrected chi connectivity index (χ4v) is 6.33. The minimum absolute atomic E-state index is 0.0695. The standard InChI is InChI=1S/C29H43N5O5/c1-22(35)31-8-10-33(11-9-31)28(36)18-23-6-7-34-21-24(23)3-2-14-39-27-5-4-26(32-12-15-38-16-13-32)17-25(27)19-30-20-29(34)37/h4-5,17,23-24,30H,2-3,6-16,18-21H2,1H3/t23-,24-/m0/s1. The van der Waals surface area contributed by atoms with E-state index in [-0.39, 0.29) is 36.1 Å². The van der Waals surface area contributed by atoms with E-state index in [0.29, 0.717) is 58.8 Å². The summed E-state index contributed by atoms with van der Waals surface area (Å²) in [6, 6.07) is 6.34. The van der Waals surface area contributed by atoms with E-state index in [1.54, 1.807) is 11.8 Å². The van der Waals surface area contributed by atoms with Gasteiger partial charge in [-0.2, -0.15) is 0 Å². The molecule has 10 nitrogen and oxygen atoms in total. The van der Waals surface area contributed by atoms with E-state index in [1.165, 1.54) is 0 Å². The van der Waals surface area contributed by atoms with E-state index in [0.717, 1.165) is 62.6 Å². The van der Waals surface area contributed by atoms with Crippen molar-refractivity contribution in [1.29, 1.82) is 0 Å². The highest BCUT2D eigenvalue weighted by atomic mass is 16.5. The summed E-state index contributed by atoms with van der Waals surface area (Å²) < 4.78 is 11.8. The van der Waals surface area contributed by atoms with Crippen molar-refractivity contribution in [2.45, 2.75) is 39.2 Å². The highest BCUT2D eigenvalue weighted by Gasteiger charge is 2.34. The molecule has 2 bridgehead atoms. The zero-order valence-corrected chi connectivity index (χ0v) is 23.2. The third-order valence-corrected chi connectivity index (χ3v) is 8.75. The first-order chi connectivity index (χ1) is 19.0. The number of benzene rings is 1. The van der Waals surface area contributed by atoms with Crippen molar-refractivity contribution in [2.75, 3.05) is 83.6 Å². The summed E-state index contributed by atoms with van der Waals surface area (Å²) in [5, 5.41) is 3.36.